The van der Waals surface area contributed by atoms with Crippen LogP contribution in [-0.4, -0.2) is 68.0 Å². The fourth-order valence-corrected chi connectivity index (χ4v) is 4.73. The summed E-state index contributed by atoms with van der Waals surface area (Å²) >= 11 is 0.769. The van der Waals surface area contributed by atoms with E-state index in [-0.39, 0.29) is 11.5 Å². The molecule has 0 spiro atoms. The molecule has 0 atom stereocenters. The van der Waals surface area contributed by atoms with E-state index in [1.807, 2.05) is 31.2 Å². The minimum absolute atomic E-state index is 0.128. The maximum Gasteiger partial charge on any atom is 0.294 e. The SMILES string of the molecule is CCOc1cc(/C=C2\SC(=O)N(CC(=O)Nc3ccccc3N3CCOCC3)C2=O)ccc1OCC#N. The molecule has 0 radical (unpaired) electrons. The van der Waals surface area contributed by atoms with Crippen LogP contribution in [0.15, 0.2) is 47.4 Å². The zero-order valence-corrected chi connectivity index (χ0v) is 21.1. The molecule has 11 heteroatoms. The first-order valence-electron chi connectivity index (χ1n) is 11.7. The molecule has 10 nitrogen and oxygen atoms in total. The number of thioether (sulfide) groups is 1. The molecular weight excluding hydrogens is 496 g/mol. The van der Waals surface area contributed by atoms with Crippen molar-refractivity contribution in [2.75, 3.05) is 56.3 Å². The van der Waals surface area contributed by atoms with Crippen molar-refractivity contribution in [1.29, 1.82) is 5.26 Å². The molecule has 3 amide bonds. The van der Waals surface area contributed by atoms with Gasteiger partial charge >= 0.3 is 0 Å². The summed E-state index contributed by atoms with van der Waals surface area (Å²) in [6.07, 6.45) is 1.56. The number of nitriles is 1. The number of carbonyl (C=O) groups is 3. The number of carbonyl (C=O) groups excluding carboxylic acids is 3. The van der Waals surface area contributed by atoms with E-state index in [2.05, 4.69) is 10.2 Å². The number of hydrogen-bond donors (Lipinski definition) is 1. The van der Waals surface area contributed by atoms with Crippen molar-refractivity contribution >= 4 is 46.3 Å². The molecule has 4 rings (SSSR count). The Morgan fingerprint density at radius 2 is 1.95 bits per heavy atom. The Balaban J connectivity index is 1.45. The Labute approximate surface area is 218 Å². The molecule has 2 fully saturated rings. The predicted octanol–water partition coefficient (Wildman–Crippen LogP) is 3.50. The molecule has 0 bridgehead atoms. The topological polar surface area (TPSA) is 121 Å². The van der Waals surface area contributed by atoms with Gasteiger partial charge in [-0.25, -0.2) is 0 Å². The van der Waals surface area contributed by atoms with E-state index in [9.17, 15) is 14.4 Å². The van der Waals surface area contributed by atoms with Crippen LogP contribution < -0.4 is 19.7 Å². The standard InChI is InChI=1S/C26H26N4O6S/c1-2-35-22-15-18(7-8-21(22)36-12-9-27)16-23-25(32)30(26(33)37-23)17-24(31)28-19-5-3-4-6-20(19)29-10-13-34-14-11-29/h3-8,15-16H,2,10-14,17H2,1H3,(H,28,31)/b23-16-. The number of morpholine rings is 1. The van der Waals surface area contributed by atoms with E-state index >= 15 is 0 Å². The van der Waals surface area contributed by atoms with E-state index in [1.165, 1.54) is 0 Å². The lowest BCUT2D eigenvalue weighted by molar-refractivity contribution is -0.127. The summed E-state index contributed by atoms with van der Waals surface area (Å²) in [4.78, 5) is 41.6. The van der Waals surface area contributed by atoms with Crippen LogP contribution in [0.3, 0.4) is 0 Å². The van der Waals surface area contributed by atoms with Gasteiger partial charge in [0.05, 0.1) is 36.1 Å². The van der Waals surface area contributed by atoms with Crippen LogP contribution in [0, 0.1) is 11.3 Å². The molecule has 192 valence electrons. The first kappa shape index (κ1) is 26.1. The van der Waals surface area contributed by atoms with Crippen LogP contribution in [0.2, 0.25) is 0 Å². The second-order valence-corrected chi connectivity index (χ2v) is 9.01. The van der Waals surface area contributed by atoms with Crippen molar-refractivity contribution in [1.82, 2.24) is 4.90 Å². The molecule has 2 aromatic carbocycles. The average Bonchev–Trinajstić information content (AvgIpc) is 3.16. The lowest BCUT2D eigenvalue weighted by Crippen LogP contribution is -2.38. The molecule has 2 heterocycles. The van der Waals surface area contributed by atoms with Crippen LogP contribution in [0.5, 0.6) is 11.5 Å². The van der Waals surface area contributed by atoms with Gasteiger partial charge in [-0.1, -0.05) is 18.2 Å². The zero-order valence-electron chi connectivity index (χ0n) is 20.3. The lowest BCUT2D eigenvalue weighted by Gasteiger charge is -2.30. The number of rotatable bonds is 9. The maximum absolute atomic E-state index is 13.0. The zero-order chi connectivity index (χ0) is 26.2. The van der Waals surface area contributed by atoms with Gasteiger partial charge in [0.1, 0.15) is 12.6 Å². The number of benzene rings is 2. The first-order valence-corrected chi connectivity index (χ1v) is 12.6. The molecule has 0 saturated carbocycles. The highest BCUT2D eigenvalue weighted by molar-refractivity contribution is 8.18. The summed E-state index contributed by atoms with van der Waals surface area (Å²) in [5.74, 6) is -0.192. The molecular formula is C26H26N4O6S. The van der Waals surface area contributed by atoms with Gasteiger partial charge in [-0.2, -0.15) is 5.26 Å². The van der Waals surface area contributed by atoms with Gasteiger partial charge in [0, 0.05) is 13.1 Å². The van der Waals surface area contributed by atoms with E-state index in [0.717, 1.165) is 22.3 Å². The van der Waals surface area contributed by atoms with Crippen LogP contribution >= 0.6 is 11.8 Å². The molecule has 0 aromatic heterocycles. The number of nitrogens with zero attached hydrogens (tertiary/aromatic N) is 3. The van der Waals surface area contributed by atoms with E-state index in [0.29, 0.717) is 55.7 Å². The fraction of sp³-hybridized carbons (Fsp3) is 0.308. The molecule has 2 aromatic rings. The number of nitrogens with one attached hydrogen (secondary N) is 1. The van der Waals surface area contributed by atoms with Gasteiger partial charge in [0.25, 0.3) is 11.1 Å². The highest BCUT2D eigenvalue weighted by Crippen LogP contribution is 2.35. The van der Waals surface area contributed by atoms with Crippen LogP contribution in [0.4, 0.5) is 16.2 Å². The minimum Gasteiger partial charge on any atom is -0.490 e. The number of anilines is 2. The Bertz CT molecular complexity index is 1250. The second kappa shape index (κ2) is 12.3. The van der Waals surface area contributed by atoms with Gasteiger partial charge in [-0.05, 0) is 54.6 Å². The third-order valence-electron chi connectivity index (χ3n) is 5.56. The number of para-hydroxylation sites is 2. The van der Waals surface area contributed by atoms with Crippen LogP contribution in [-0.2, 0) is 14.3 Å². The van der Waals surface area contributed by atoms with E-state index in [1.54, 1.807) is 30.3 Å². The Morgan fingerprint density at radius 1 is 1.16 bits per heavy atom. The van der Waals surface area contributed by atoms with Gasteiger partial charge in [0.2, 0.25) is 5.91 Å². The average molecular weight is 523 g/mol. The van der Waals surface area contributed by atoms with Gasteiger partial charge in [0.15, 0.2) is 18.1 Å². The highest BCUT2D eigenvalue weighted by Gasteiger charge is 2.36. The Hall–Kier alpha value is -4.01. The van der Waals surface area contributed by atoms with Crippen molar-refractivity contribution in [3.05, 3.63) is 52.9 Å². The molecule has 0 aliphatic carbocycles. The molecule has 2 saturated heterocycles. The largest absolute Gasteiger partial charge is 0.490 e. The smallest absolute Gasteiger partial charge is 0.294 e. The third kappa shape index (κ3) is 6.41. The Kier molecular flexibility index (Phi) is 8.66. The third-order valence-corrected chi connectivity index (χ3v) is 6.47. The summed E-state index contributed by atoms with van der Waals surface area (Å²) in [5.41, 5.74) is 2.08. The van der Waals surface area contributed by atoms with Gasteiger partial charge < -0.3 is 24.4 Å². The number of imide groups is 1. The van der Waals surface area contributed by atoms with Crippen molar-refractivity contribution in [2.24, 2.45) is 0 Å². The van der Waals surface area contributed by atoms with E-state index in [4.69, 9.17) is 19.5 Å². The van der Waals surface area contributed by atoms with Gasteiger partial charge in [-0.15, -0.1) is 0 Å². The molecule has 37 heavy (non-hydrogen) atoms. The fourth-order valence-electron chi connectivity index (χ4n) is 3.89. The number of ether oxygens (including phenoxy) is 3. The minimum atomic E-state index is -0.547. The molecule has 2 aliphatic heterocycles. The predicted molar refractivity (Wildman–Crippen MR) is 139 cm³/mol. The quantitative estimate of drug-likeness (QED) is 0.493. The summed E-state index contributed by atoms with van der Waals surface area (Å²) in [7, 11) is 0. The van der Waals surface area contributed by atoms with E-state index < -0.39 is 23.6 Å². The van der Waals surface area contributed by atoms with Crippen molar-refractivity contribution < 1.29 is 28.6 Å². The summed E-state index contributed by atoms with van der Waals surface area (Å²) in [6, 6.07) is 14.3. The number of amides is 3. The van der Waals surface area contributed by atoms with Crippen molar-refractivity contribution in [3.63, 3.8) is 0 Å². The molecule has 0 unspecified atom stereocenters. The van der Waals surface area contributed by atoms with Crippen LogP contribution in [0.1, 0.15) is 12.5 Å². The maximum atomic E-state index is 13.0. The molecule has 2 aliphatic rings. The lowest BCUT2D eigenvalue weighted by atomic mass is 10.2. The van der Waals surface area contributed by atoms with Gasteiger partial charge in [-0.3, -0.25) is 19.3 Å². The Morgan fingerprint density at radius 3 is 2.70 bits per heavy atom. The summed E-state index contributed by atoms with van der Waals surface area (Å²) < 4.78 is 16.3. The summed E-state index contributed by atoms with van der Waals surface area (Å²) in [6.45, 7) is 4.29. The van der Waals surface area contributed by atoms with Crippen molar-refractivity contribution in [3.8, 4) is 17.6 Å². The second-order valence-electron chi connectivity index (χ2n) is 8.02. The van der Waals surface area contributed by atoms with Crippen LogP contribution in [0.25, 0.3) is 6.08 Å². The normalized spacial score (nSPS) is 16.6. The van der Waals surface area contributed by atoms with Crippen molar-refractivity contribution in [2.45, 2.75) is 6.92 Å². The monoisotopic (exact) mass is 522 g/mol. The molecule has 1 N–H and O–H groups in total. The highest BCUT2D eigenvalue weighted by atomic mass is 32.2. The number of hydrogen-bond acceptors (Lipinski definition) is 9. The first-order chi connectivity index (χ1) is 18.0. The summed E-state index contributed by atoms with van der Waals surface area (Å²) in [5, 5.41) is 11.1.